The van der Waals surface area contributed by atoms with Crippen molar-refractivity contribution in [2.75, 3.05) is 5.88 Å². The molecule has 1 saturated heterocycles. The summed E-state index contributed by atoms with van der Waals surface area (Å²) in [6.45, 7) is 1.51. The quantitative estimate of drug-likeness (QED) is 0.409. The Morgan fingerprint density at radius 1 is 1.88 bits per heavy atom. The van der Waals surface area contributed by atoms with E-state index >= 15 is 0 Å². The van der Waals surface area contributed by atoms with Crippen LogP contribution >= 0.6 is 11.6 Å². The van der Waals surface area contributed by atoms with E-state index < -0.39 is 0 Å². The summed E-state index contributed by atoms with van der Waals surface area (Å²) in [5.41, 5.74) is 0. The molecule has 0 N–H and O–H groups in total. The summed E-state index contributed by atoms with van der Waals surface area (Å²) < 4.78 is 4.85. The number of ketones is 1. The lowest BCUT2D eigenvalue weighted by molar-refractivity contribution is -0.118. The van der Waals surface area contributed by atoms with Gasteiger partial charge in [-0.05, 0) is 6.92 Å². The van der Waals surface area contributed by atoms with Gasteiger partial charge in [0.15, 0.2) is 5.78 Å². The van der Waals surface area contributed by atoms with Gasteiger partial charge in [0.1, 0.15) is 12.2 Å². The predicted octanol–water partition coefficient (Wildman–Crippen LogP) is 0.582. The molecule has 0 saturated carbocycles. The number of ether oxygens (including phenoxy) is 1. The predicted molar refractivity (Wildman–Crippen MR) is 30.1 cm³/mol. The topological polar surface area (TPSA) is 29.6 Å². The molecule has 0 aliphatic carbocycles. The smallest absolute Gasteiger partial charge is 0.161 e. The van der Waals surface area contributed by atoms with Crippen LogP contribution in [0.2, 0.25) is 0 Å². The van der Waals surface area contributed by atoms with Crippen LogP contribution in [0.1, 0.15) is 6.92 Å². The zero-order valence-electron chi connectivity index (χ0n) is 4.56. The summed E-state index contributed by atoms with van der Waals surface area (Å²) in [5.74, 6) is 0.514. The number of carbonyl (C=O) groups excluding carboxylic acids is 1. The SMILES string of the molecule is CC(=O)C1OC1CCl. The third-order valence-corrected chi connectivity index (χ3v) is 1.44. The molecule has 0 bridgehead atoms. The maximum atomic E-state index is 10.4. The van der Waals surface area contributed by atoms with Crippen molar-refractivity contribution >= 4 is 17.4 Å². The van der Waals surface area contributed by atoms with E-state index in [1.54, 1.807) is 0 Å². The lowest BCUT2D eigenvalue weighted by atomic mass is 10.3. The third kappa shape index (κ3) is 1.01. The summed E-state index contributed by atoms with van der Waals surface area (Å²) >= 11 is 5.36. The Kier molecular flexibility index (Phi) is 1.54. The number of halogens is 1. The molecule has 8 heavy (non-hydrogen) atoms. The Morgan fingerprint density at radius 2 is 2.50 bits per heavy atom. The first-order valence-corrected chi connectivity index (χ1v) is 3.01. The molecule has 0 aromatic rings. The highest BCUT2D eigenvalue weighted by molar-refractivity contribution is 6.18. The maximum Gasteiger partial charge on any atom is 0.161 e. The minimum atomic E-state index is -0.188. The van der Waals surface area contributed by atoms with Crippen molar-refractivity contribution in [3.05, 3.63) is 0 Å². The number of epoxide rings is 1. The fourth-order valence-corrected chi connectivity index (χ4v) is 0.852. The molecule has 1 rings (SSSR count). The van der Waals surface area contributed by atoms with E-state index in [0.717, 1.165) is 0 Å². The summed E-state index contributed by atoms with van der Waals surface area (Å²) in [6, 6.07) is 0. The van der Waals surface area contributed by atoms with Gasteiger partial charge >= 0.3 is 0 Å². The number of rotatable bonds is 2. The molecule has 2 atom stereocenters. The Hall–Kier alpha value is -0.0800. The first-order valence-electron chi connectivity index (χ1n) is 2.47. The highest BCUT2D eigenvalue weighted by Crippen LogP contribution is 2.23. The minimum absolute atomic E-state index is 0.00849. The van der Waals surface area contributed by atoms with Gasteiger partial charge in [0.05, 0.1) is 5.88 Å². The number of hydrogen-bond acceptors (Lipinski definition) is 2. The molecule has 1 fully saturated rings. The van der Waals surface area contributed by atoms with Gasteiger partial charge in [-0.3, -0.25) is 4.79 Å². The van der Waals surface area contributed by atoms with Crippen LogP contribution < -0.4 is 0 Å². The highest BCUT2D eigenvalue weighted by atomic mass is 35.5. The number of hydrogen-bond donors (Lipinski definition) is 0. The van der Waals surface area contributed by atoms with Crippen LogP contribution in [0.4, 0.5) is 0 Å². The monoisotopic (exact) mass is 134 g/mol. The zero-order chi connectivity index (χ0) is 6.15. The van der Waals surface area contributed by atoms with Crippen LogP contribution in [0.25, 0.3) is 0 Å². The first kappa shape index (κ1) is 6.05. The van der Waals surface area contributed by atoms with E-state index in [0.29, 0.717) is 5.88 Å². The van der Waals surface area contributed by atoms with E-state index in [2.05, 4.69) is 0 Å². The second-order valence-corrected chi connectivity index (χ2v) is 2.17. The van der Waals surface area contributed by atoms with Gasteiger partial charge in [0, 0.05) is 0 Å². The lowest BCUT2D eigenvalue weighted by Gasteiger charge is -1.77. The van der Waals surface area contributed by atoms with Crippen LogP contribution in [0.5, 0.6) is 0 Å². The molecule has 2 nitrogen and oxygen atoms in total. The molecule has 3 heteroatoms. The van der Waals surface area contributed by atoms with Gasteiger partial charge in [-0.1, -0.05) is 0 Å². The van der Waals surface area contributed by atoms with Crippen molar-refractivity contribution in [1.29, 1.82) is 0 Å². The van der Waals surface area contributed by atoms with E-state index in [1.807, 2.05) is 0 Å². The summed E-state index contributed by atoms with van der Waals surface area (Å²) in [5, 5.41) is 0. The van der Waals surface area contributed by atoms with Crippen molar-refractivity contribution in [3.8, 4) is 0 Å². The van der Waals surface area contributed by atoms with Crippen molar-refractivity contribution in [2.45, 2.75) is 19.1 Å². The largest absolute Gasteiger partial charge is 0.360 e. The Labute approximate surface area is 52.8 Å². The molecule has 0 amide bonds. The molecule has 46 valence electrons. The molecule has 0 aromatic carbocycles. The average molecular weight is 135 g/mol. The molecule has 2 unspecified atom stereocenters. The van der Waals surface area contributed by atoms with Crippen LogP contribution in [-0.4, -0.2) is 23.9 Å². The van der Waals surface area contributed by atoms with Crippen molar-refractivity contribution < 1.29 is 9.53 Å². The van der Waals surface area contributed by atoms with Crippen molar-refractivity contribution in [3.63, 3.8) is 0 Å². The van der Waals surface area contributed by atoms with Gasteiger partial charge in [0.2, 0.25) is 0 Å². The Balaban J connectivity index is 2.26. The second-order valence-electron chi connectivity index (χ2n) is 1.86. The van der Waals surface area contributed by atoms with Gasteiger partial charge < -0.3 is 4.74 Å². The molecular weight excluding hydrogens is 128 g/mol. The fourth-order valence-electron chi connectivity index (χ4n) is 0.618. The van der Waals surface area contributed by atoms with Gasteiger partial charge in [-0.2, -0.15) is 0 Å². The van der Waals surface area contributed by atoms with E-state index in [9.17, 15) is 4.79 Å². The fraction of sp³-hybridized carbons (Fsp3) is 0.800. The van der Waals surface area contributed by atoms with Crippen LogP contribution in [-0.2, 0) is 9.53 Å². The normalized spacial score (nSPS) is 34.8. The van der Waals surface area contributed by atoms with E-state index in [-0.39, 0.29) is 18.0 Å². The van der Waals surface area contributed by atoms with Crippen LogP contribution in [0.3, 0.4) is 0 Å². The van der Waals surface area contributed by atoms with Gasteiger partial charge in [0.25, 0.3) is 0 Å². The lowest BCUT2D eigenvalue weighted by Crippen LogP contribution is -2.04. The number of alkyl halides is 1. The Morgan fingerprint density at radius 3 is 2.62 bits per heavy atom. The zero-order valence-corrected chi connectivity index (χ0v) is 5.31. The van der Waals surface area contributed by atoms with E-state index in [4.69, 9.17) is 16.3 Å². The summed E-state index contributed by atoms with van der Waals surface area (Å²) in [7, 11) is 0. The number of Topliss-reactive ketones (excluding diaryl/α,β-unsaturated/α-hetero) is 1. The Bertz CT molecular complexity index is 113. The molecular formula is C5H7ClO2. The summed E-state index contributed by atoms with van der Waals surface area (Å²) in [6.07, 6.45) is -0.179. The van der Waals surface area contributed by atoms with Crippen LogP contribution in [0, 0.1) is 0 Å². The maximum absolute atomic E-state index is 10.4. The third-order valence-electron chi connectivity index (χ3n) is 1.14. The molecule has 1 heterocycles. The first-order chi connectivity index (χ1) is 3.75. The second kappa shape index (κ2) is 2.03. The van der Waals surface area contributed by atoms with Crippen molar-refractivity contribution in [2.24, 2.45) is 0 Å². The molecule has 1 aliphatic heterocycles. The molecule has 0 aromatic heterocycles. The van der Waals surface area contributed by atoms with Gasteiger partial charge in [-0.15, -0.1) is 11.6 Å². The van der Waals surface area contributed by atoms with E-state index in [1.165, 1.54) is 6.92 Å². The standard InChI is InChI=1S/C5H7ClO2/c1-3(7)5-4(2-6)8-5/h4-5H,2H2,1H3. The molecule has 0 spiro atoms. The van der Waals surface area contributed by atoms with Crippen molar-refractivity contribution in [1.82, 2.24) is 0 Å². The van der Waals surface area contributed by atoms with Gasteiger partial charge in [-0.25, -0.2) is 0 Å². The van der Waals surface area contributed by atoms with Crippen LogP contribution in [0.15, 0.2) is 0 Å². The minimum Gasteiger partial charge on any atom is -0.360 e. The summed E-state index contributed by atoms with van der Waals surface area (Å²) in [4.78, 5) is 10.4. The average Bonchev–Trinajstić information content (AvgIpc) is 2.42. The highest BCUT2D eigenvalue weighted by Gasteiger charge is 2.41. The molecule has 0 radical (unpaired) electrons. The number of carbonyl (C=O) groups is 1. The molecule has 1 aliphatic rings.